The highest BCUT2D eigenvalue weighted by Gasteiger charge is 2.07. The molecular formula is C14H18. The summed E-state index contributed by atoms with van der Waals surface area (Å²) in [5.41, 5.74) is 6.30. The largest absolute Gasteiger partial charge is 0.0741 e. The lowest BCUT2D eigenvalue weighted by Crippen LogP contribution is -2.01. The van der Waals surface area contributed by atoms with E-state index in [0.29, 0.717) is 0 Å². The van der Waals surface area contributed by atoms with E-state index in [4.69, 9.17) is 0 Å². The maximum atomic E-state index is 2.28. The number of benzene rings is 1. The summed E-state index contributed by atoms with van der Waals surface area (Å²) in [6, 6.07) is 8.88. The Labute approximate surface area is 86.7 Å². The third-order valence-corrected chi connectivity index (χ3v) is 3.39. The van der Waals surface area contributed by atoms with Crippen LogP contribution in [0.25, 0.3) is 0 Å². The Bertz CT molecular complexity index is 323. The lowest BCUT2D eigenvalue weighted by atomic mass is 9.90. The van der Waals surface area contributed by atoms with Crippen molar-refractivity contribution >= 4 is 0 Å². The number of hydrogen-bond acceptors (Lipinski definition) is 0. The smallest absolute Gasteiger partial charge is 0.0239 e. The van der Waals surface area contributed by atoms with Gasteiger partial charge in [-0.15, -0.1) is 0 Å². The normalized spacial score (nSPS) is 17.3. The minimum Gasteiger partial charge on any atom is -0.0741 e. The quantitative estimate of drug-likeness (QED) is 0.539. The molecule has 0 saturated carbocycles. The van der Waals surface area contributed by atoms with Crippen molar-refractivity contribution in [1.29, 1.82) is 0 Å². The number of aryl methyl sites for hydroxylation is 2. The van der Waals surface area contributed by atoms with Crippen LogP contribution in [-0.4, -0.2) is 0 Å². The number of allylic oxidation sites excluding steroid dienone is 2. The van der Waals surface area contributed by atoms with E-state index in [1.54, 1.807) is 22.3 Å². The predicted molar refractivity (Wildman–Crippen MR) is 61.5 cm³/mol. The lowest BCUT2D eigenvalue weighted by molar-refractivity contribution is 0.818. The third-order valence-electron chi connectivity index (χ3n) is 3.39. The molecule has 0 spiro atoms. The van der Waals surface area contributed by atoms with Crippen molar-refractivity contribution in [3.8, 4) is 0 Å². The van der Waals surface area contributed by atoms with Crippen LogP contribution in [0.1, 0.15) is 37.8 Å². The fourth-order valence-electron chi connectivity index (χ4n) is 2.12. The van der Waals surface area contributed by atoms with Crippen LogP contribution in [-0.2, 0) is 12.8 Å². The molecule has 0 nitrogen and oxygen atoms in total. The molecule has 1 aromatic carbocycles. The summed E-state index contributed by atoms with van der Waals surface area (Å²) in [7, 11) is 0. The Balaban J connectivity index is 2.28. The van der Waals surface area contributed by atoms with E-state index in [9.17, 15) is 0 Å². The molecule has 1 aromatic rings. The zero-order chi connectivity index (χ0) is 9.97. The molecule has 1 aliphatic rings. The van der Waals surface area contributed by atoms with E-state index in [-0.39, 0.29) is 0 Å². The average molecular weight is 186 g/mol. The molecule has 0 fully saturated rings. The van der Waals surface area contributed by atoms with Gasteiger partial charge in [-0.1, -0.05) is 35.4 Å². The molecular weight excluding hydrogens is 168 g/mol. The van der Waals surface area contributed by atoms with E-state index in [0.717, 1.165) is 0 Å². The van der Waals surface area contributed by atoms with Gasteiger partial charge in [-0.2, -0.15) is 0 Å². The van der Waals surface area contributed by atoms with Crippen LogP contribution in [0.2, 0.25) is 0 Å². The Kier molecular flexibility index (Phi) is 2.72. The zero-order valence-electron chi connectivity index (χ0n) is 9.14. The Hall–Kier alpha value is -1.04. The second kappa shape index (κ2) is 4.00. The average Bonchev–Trinajstić information content (AvgIpc) is 2.21. The molecule has 0 amide bonds. The van der Waals surface area contributed by atoms with Crippen LogP contribution in [0, 0.1) is 0 Å². The standard InChI is InChI=1S/C14H18/c1-11-7-9-13-5-3-4-6-14(13)10-8-12(11)2/h3-6H,7-10H2,1-2H3. The molecule has 0 aliphatic heterocycles. The van der Waals surface area contributed by atoms with Gasteiger partial charge in [-0.25, -0.2) is 0 Å². The maximum Gasteiger partial charge on any atom is -0.0239 e. The number of fused-ring (bicyclic) bond motifs is 1. The highest BCUT2D eigenvalue weighted by molar-refractivity contribution is 5.30. The Morgan fingerprint density at radius 2 is 1.14 bits per heavy atom. The summed E-state index contributed by atoms with van der Waals surface area (Å²) in [4.78, 5) is 0. The first-order chi connectivity index (χ1) is 6.77. The molecule has 0 aromatic heterocycles. The van der Waals surface area contributed by atoms with Crippen molar-refractivity contribution < 1.29 is 0 Å². The van der Waals surface area contributed by atoms with Gasteiger partial charge in [0.1, 0.15) is 0 Å². The Morgan fingerprint density at radius 3 is 1.57 bits per heavy atom. The summed E-state index contributed by atoms with van der Waals surface area (Å²) in [5.74, 6) is 0. The maximum absolute atomic E-state index is 2.28. The van der Waals surface area contributed by atoms with Gasteiger partial charge in [0.25, 0.3) is 0 Å². The van der Waals surface area contributed by atoms with Crippen LogP contribution in [0.4, 0.5) is 0 Å². The molecule has 74 valence electrons. The first kappa shape index (κ1) is 9.51. The molecule has 0 radical (unpaired) electrons. The van der Waals surface area contributed by atoms with Crippen LogP contribution in [0.3, 0.4) is 0 Å². The molecule has 2 rings (SSSR count). The van der Waals surface area contributed by atoms with Crippen molar-refractivity contribution in [2.75, 3.05) is 0 Å². The lowest BCUT2D eigenvalue weighted by Gasteiger charge is -2.15. The van der Waals surface area contributed by atoms with Crippen molar-refractivity contribution in [3.63, 3.8) is 0 Å². The fraction of sp³-hybridized carbons (Fsp3) is 0.429. The summed E-state index contributed by atoms with van der Waals surface area (Å²) in [6.45, 7) is 4.56. The van der Waals surface area contributed by atoms with Gasteiger partial charge in [0.2, 0.25) is 0 Å². The van der Waals surface area contributed by atoms with Gasteiger partial charge in [0.15, 0.2) is 0 Å². The van der Waals surface area contributed by atoms with Crippen LogP contribution >= 0.6 is 0 Å². The van der Waals surface area contributed by atoms with Crippen molar-refractivity contribution in [3.05, 3.63) is 46.5 Å². The monoisotopic (exact) mass is 186 g/mol. The first-order valence-corrected chi connectivity index (χ1v) is 5.49. The van der Waals surface area contributed by atoms with E-state index in [2.05, 4.69) is 38.1 Å². The predicted octanol–water partition coefficient (Wildman–Crippen LogP) is 3.90. The summed E-state index contributed by atoms with van der Waals surface area (Å²) >= 11 is 0. The Morgan fingerprint density at radius 1 is 0.714 bits per heavy atom. The van der Waals surface area contributed by atoms with E-state index >= 15 is 0 Å². The summed E-state index contributed by atoms with van der Waals surface area (Å²) < 4.78 is 0. The molecule has 0 N–H and O–H groups in total. The van der Waals surface area contributed by atoms with Gasteiger partial charge in [-0.3, -0.25) is 0 Å². The first-order valence-electron chi connectivity index (χ1n) is 5.49. The van der Waals surface area contributed by atoms with Gasteiger partial charge in [0, 0.05) is 0 Å². The SMILES string of the molecule is CC1=C(C)CCc2ccccc2CC1. The zero-order valence-corrected chi connectivity index (χ0v) is 9.14. The van der Waals surface area contributed by atoms with Gasteiger partial charge in [-0.05, 0) is 50.7 Å². The van der Waals surface area contributed by atoms with Gasteiger partial charge in [0.05, 0.1) is 0 Å². The molecule has 1 aliphatic carbocycles. The highest BCUT2D eigenvalue weighted by Crippen LogP contribution is 2.23. The van der Waals surface area contributed by atoms with Crippen LogP contribution in [0.15, 0.2) is 35.4 Å². The van der Waals surface area contributed by atoms with E-state index in [1.807, 2.05) is 0 Å². The van der Waals surface area contributed by atoms with Crippen molar-refractivity contribution in [2.45, 2.75) is 39.5 Å². The third kappa shape index (κ3) is 1.89. The van der Waals surface area contributed by atoms with Crippen LogP contribution in [0.5, 0.6) is 0 Å². The molecule has 0 heterocycles. The number of rotatable bonds is 0. The molecule has 14 heavy (non-hydrogen) atoms. The summed E-state index contributed by atoms with van der Waals surface area (Å²) in [5, 5.41) is 0. The van der Waals surface area contributed by atoms with Crippen molar-refractivity contribution in [2.24, 2.45) is 0 Å². The molecule has 0 bridgehead atoms. The molecule has 0 unspecified atom stereocenters. The molecule has 0 heteroatoms. The topological polar surface area (TPSA) is 0 Å². The molecule has 0 saturated heterocycles. The van der Waals surface area contributed by atoms with Gasteiger partial charge >= 0.3 is 0 Å². The fourth-order valence-corrected chi connectivity index (χ4v) is 2.12. The van der Waals surface area contributed by atoms with E-state index < -0.39 is 0 Å². The van der Waals surface area contributed by atoms with Crippen molar-refractivity contribution in [1.82, 2.24) is 0 Å². The summed E-state index contributed by atoms with van der Waals surface area (Å²) in [6.07, 6.45) is 4.92. The van der Waals surface area contributed by atoms with Gasteiger partial charge < -0.3 is 0 Å². The molecule has 0 atom stereocenters. The van der Waals surface area contributed by atoms with E-state index in [1.165, 1.54) is 25.7 Å². The minimum absolute atomic E-state index is 1.22. The number of hydrogen-bond donors (Lipinski definition) is 0. The second-order valence-corrected chi connectivity index (χ2v) is 4.33. The van der Waals surface area contributed by atoms with Crippen LogP contribution < -0.4 is 0 Å². The highest BCUT2D eigenvalue weighted by atomic mass is 14.1. The minimum atomic E-state index is 1.22. The second-order valence-electron chi connectivity index (χ2n) is 4.33.